The van der Waals surface area contributed by atoms with Crippen LogP contribution in [0.1, 0.15) is 23.7 Å². The lowest BCUT2D eigenvalue weighted by molar-refractivity contribution is -0.138. The van der Waals surface area contributed by atoms with Gasteiger partial charge in [-0.25, -0.2) is 8.42 Å². The molecule has 8 heteroatoms. The standard InChI is InChI=1S/C13H16N2O5S/c1-9(13(17)18)14-12(16)10-4-2-5-11(8-10)15-6-3-7-21(15,19)20/h2,4-5,8-9H,3,6-7H2,1H3,(H,14,16)(H,17,18)/t9-/m0/s1. The highest BCUT2D eigenvalue weighted by atomic mass is 32.2. The van der Waals surface area contributed by atoms with Crippen LogP contribution in [0.25, 0.3) is 0 Å². The first-order valence-electron chi connectivity index (χ1n) is 6.45. The Labute approximate surface area is 122 Å². The van der Waals surface area contributed by atoms with Crippen LogP contribution in [-0.4, -0.2) is 43.7 Å². The van der Waals surface area contributed by atoms with Crippen molar-refractivity contribution in [3.8, 4) is 0 Å². The summed E-state index contributed by atoms with van der Waals surface area (Å²) in [6.45, 7) is 1.74. The Morgan fingerprint density at radius 3 is 2.67 bits per heavy atom. The average Bonchev–Trinajstić information content (AvgIpc) is 2.78. The van der Waals surface area contributed by atoms with Crippen molar-refractivity contribution < 1.29 is 23.1 Å². The molecule has 1 aromatic carbocycles. The number of carboxylic acids is 1. The minimum absolute atomic E-state index is 0.0967. The van der Waals surface area contributed by atoms with Crippen LogP contribution in [0.15, 0.2) is 24.3 Å². The zero-order chi connectivity index (χ0) is 15.6. The zero-order valence-electron chi connectivity index (χ0n) is 11.4. The third-order valence-corrected chi connectivity index (χ3v) is 5.08. The number of benzene rings is 1. The van der Waals surface area contributed by atoms with Gasteiger partial charge < -0.3 is 10.4 Å². The highest BCUT2D eigenvalue weighted by Crippen LogP contribution is 2.24. The molecule has 0 bridgehead atoms. The van der Waals surface area contributed by atoms with E-state index in [2.05, 4.69) is 5.32 Å². The fraction of sp³-hybridized carbons (Fsp3) is 0.385. The van der Waals surface area contributed by atoms with Gasteiger partial charge in [0.25, 0.3) is 5.91 Å². The predicted octanol–water partition coefficient (Wildman–Crippen LogP) is 0.429. The molecule has 2 N–H and O–H groups in total. The van der Waals surface area contributed by atoms with Crippen LogP contribution in [0.4, 0.5) is 5.69 Å². The van der Waals surface area contributed by atoms with Gasteiger partial charge in [0.05, 0.1) is 11.4 Å². The Balaban J connectivity index is 2.22. The Kier molecular flexibility index (Phi) is 4.17. The summed E-state index contributed by atoms with van der Waals surface area (Å²) in [7, 11) is -3.31. The largest absolute Gasteiger partial charge is 0.480 e. The minimum Gasteiger partial charge on any atom is -0.480 e. The van der Waals surface area contributed by atoms with Gasteiger partial charge in [-0.15, -0.1) is 0 Å². The zero-order valence-corrected chi connectivity index (χ0v) is 12.3. The van der Waals surface area contributed by atoms with E-state index in [-0.39, 0.29) is 11.3 Å². The van der Waals surface area contributed by atoms with E-state index in [0.29, 0.717) is 18.7 Å². The van der Waals surface area contributed by atoms with Crippen molar-refractivity contribution in [3.63, 3.8) is 0 Å². The van der Waals surface area contributed by atoms with Crippen LogP contribution >= 0.6 is 0 Å². The quantitative estimate of drug-likeness (QED) is 0.839. The van der Waals surface area contributed by atoms with Crippen LogP contribution in [0, 0.1) is 0 Å². The molecule has 2 rings (SSSR count). The Morgan fingerprint density at radius 1 is 1.38 bits per heavy atom. The van der Waals surface area contributed by atoms with E-state index in [9.17, 15) is 18.0 Å². The molecule has 0 radical (unpaired) electrons. The number of hydrogen-bond acceptors (Lipinski definition) is 4. The van der Waals surface area contributed by atoms with E-state index in [1.807, 2.05) is 0 Å². The molecule has 7 nitrogen and oxygen atoms in total. The number of carbonyl (C=O) groups is 2. The van der Waals surface area contributed by atoms with Crippen LogP contribution < -0.4 is 9.62 Å². The summed E-state index contributed by atoms with van der Waals surface area (Å²) in [6.07, 6.45) is 0.550. The molecule has 0 saturated carbocycles. The fourth-order valence-corrected chi connectivity index (χ4v) is 3.63. The Hall–Kier alpha value is -2.09. The molecular weight excluding hydrogens is 296 g/mol. The molecule has 1 aromatic rings. The molecule has 1 aliphatic rings. The maximum atomic E-state index is 11.9. The van der Waals surface area contributed by atoms with Crippen molar-refractivity contribution in [2.24, 2.45) is 0 Å². The summed E-state index contributed by atoms with van der Waals surface area (Å²) in [4.78, 5) is 22.7. The van der Waals surface area contributed by atoms with Gasteiger partial charge >= 0.3 is 5.97 Å². The molecule has 1 aliphatic heterocycles. The third-order valence-electron chi connectivity index (χ3n) is 3.21. The van der Waals surface area contributed by atoms with Gasteiger partial charge in [0.2, 0.25) is 10.0 Å². The number of carbonyl (C=O) groups excluding carboxylic acids is 1. The molecule has 1 heterocycles. The lowest BCUT2D eigenvalue weighted by atomic mass is 10.1. The van der Waals surface area contributed by atoms with E-state index >= 15 is 0 Å². The van der Waals surface area contributed by atoms with Crippen LogP contribution in [0.5, 0.6) is 0 Å². The molecule has 21 heavy (non-hydrogen) atoms. The molecule has 0 unspecified atom stereocenters. The number of hydrogen-bond donors (Lipinski definition) is 2. The summed E-state index contributed by atoms with van der Waals surface area (Å²) in [5.74, 6) is -1.59. The van der Waals surface area contributed by atoms with E-state index in [1.54, 1.807) is 12.1 Å². The fourth-order valence-electron chi connectivity index (χ4n) is 2.07. The number of nitrogens with one attached hydrogen (secondary N) is 1. The highest BCUT2D eigenvalue weighted by Gasteiger charge is 2.28. The molecule has 1 fully saturated rings. The summed E-state index contributed by atoms with van der Waals surface area (Å²) in [5, 5.41) is 11.1. The average molecular weight is 312 g/mol. The number of anilines is 1. The van der Waals surface area contributed by atoms with Crippen LogP contribution in [0.2, 0.25) is 0 Å². The number of aliphatic carboxylic acids is 1. The molecule has 0 spiro atoms. The van der Waals surface area contributed by atoms with E-state index < -0.39 is 27.9 Å². The van der Waals surface area contributed by atoms with Crippen molar-refractivity contribution in [1.82, 2.24) is 5.32 Å². The normalized spacial score (nSPS) is 18.2. The predicted molar refractivity (Wildman–Crippen MR) is 76.8 cm³/mol. The lowest BCUT2D eigenvalue weighted by Crippen LogP contribution is -2.38. The third kappa shape index (κ3) is 3.33. The second-order valence-corrected chi connectivity index (χ2v) is 6.84. The first kappa shape index (κ1) is 15.3. The molecular formula is C13H16N2O5S. The van der Waals surface area contributed by atoms with Gasteiger partial charge in [0.15, 0.2) is 0 Å². The summed E-state index contributed by atoms with van der Waals surface area (Å²) >= 11 is 0. The van der Waals surface area contributed by atoms with Gasteiger partial charge in [-0.05, 0) is 31.5 Å². The second-order valence-electron chi connectivity index (χ2n) is 4.83. The topological polar surface area (TPSA) is 104 Å². The van der Waals surface area contributed by atoms with Gasteiger partial charge in [-0.1, -0.05) is 6.07 Å². The lowest BCUT2D eigenvalue weighted by Gasteiger charge is -2.17. The minimum atomic E-state index is -3.31. The van der Waals surface area contributed by atoms with Crippen molar-refractivity contribution in [3.05, 3.63) is 29.8 Å². The number of rotatable bonds is 4. The monoisotopic (exact) mass is 312 g/mol. The summed E-state index contributed by atoms with van der Waals surface area (Å²) in [5.41, 5.74) is 0.644. The van der Waals surface area contributed by atoms with Crippen molar-refractivity contribution in [2.45, 2.75) is 19.4 Å². The second kappa shape index (κ2) is 5.72. The van der Waals surface area contributed by atoms with Gasteiger partial charge in [0.1, 0.15) is 6.04 Å². The maximum absolute atomic E-state index is 11.9. The molecule has 1 amide bonds. The first-order chi connectivity index (χ1) is 9.81. The van der Waals surface area contributed by atoms with Crippen molar-refractivity contribution >= 4 is 27.6 Å². The summed E-state index contributed by atoms with van der Waals surface area (Å²) < 4.78 is 25.0. The molecule has 0 aliphatic carbocycles. The van der Waals surface area contributed by atoms with E-state index in [0.717, 1.165) is 0 Å². The van der Waals surface area contributed by atoms with Gasteiger partial charge in [-0.2, -0.15) is 0 Å². The van der Waals surface area contributed by atoms with Crippen molar-refractivity contribution in [2.75, 3.05) is 16.6 Å². The van der Waals surface area contributed by atoms with Gasteiger partial charge in [0, 0.05) is 12.1 Å². The number of carboxylic acid groups (broad SMARTS) is 1. The molecule has 114 valence electrons. The van der Waals surface area contributed by atoms with Crippen LogP contribution in [-0.2, 0) is 14.8 Å². The number of amides is 1. The first-order valence-corrected chi connectivity index (χ1v) is 8.06. The molecule has 1 atom stereocenters. The SMILES string of the molecule is C[C@H](NC(=O)c1cccc(N2CCCS2(=O)=O)c1)C(=O)O. The molecule has 1 saturated heterocycles. The smallest absolute Gasteiger partial charge is 0.325 e. The summed E-state index contributed by atoms with van der Waals surface area (Å²) in [6, 6.07) is 5.13. The Morgan fingerprint density at radius 2 is 2.10 bits per heavy atom. The number of sulfonamides is 1. The van der Waals surface area contributed by atoms with Crippen LogP contribution in [0.3, 0.4) is 0 Å². The number of nitrogens with zero attached hydrogens (tertiary/aromatic N) is 1. The molecule has 0 aromatic heterocycles. The van der Waals surface area contributed by atoms with E-state index in [4.69, 9.17) is 5.11 Å². The highest BCUT2D eigenvalue weighted by molar-refractivity contribution is 7.93. The van der Waals surface area contributed by atoms with Crippen molar-refractivity contribution in [1.29, 1.82) is 0 Å². The van der Waals surface area contributed by atoms with E-state index in [1.165, 1.54) is 23.4 Å². The maximum Gasteiger partial charge on any atom is 0.325 e. The Bertz CT molecular complexity index is 671. The van der Waals surface area contributed by atoms with Gasteiger partial charge in [-0.3, -0.25) is 13.9 Å².